The first-order valence-electron chi connectivity index (χ1n) is 5.27. The predicted molar refractivity (Wildman–Crippen MR) is 62.5 cm³/mol. The highest BCUT2D eigenvalue weighted by Gasteiger charge is 2.11. The third-order valence-electron chi connectivity index (χ3n) is 2.23. The fourth-order valence-electron chi connectivity index (χ4n) is 1.57. The topological polar surface area (TPSA) is 69.6 Å². The van der Waals surface area contributed by atoms with Crippen molar-refractivity contribution >= 4 is 5.69 Å². The molecule has 2 rings (SSSR count). The van der Waals surface area contributed by atoms with Crippen molar-refractivity contribution in [2.45, 2.75) is 20.4 Å². The van der Waals surface area contributed by atoms with Crippen molar-refractivity contribution in [1.82, 2.24) is 19.7 Å². The molecule has 0 aromatic carbocycles. The molecule has 0 atom stereocenters. The molecule has 0 aliphatic rings. The van der Waals surface area contributed by atoms with Crippen molar-refractivity contribution in [3.63, 3.8) is 0 Å². The third kappa shape index (κ3) is 2.03. The van der Waals surface area contributed by atoms with Gasteiger partial charge in [0.1, 0.15) is 12.0 Å². The molecule has 2 aromatic heterocycles. The highest BCUT2D eigenvalue weighted by Crippen LogP contribution is 2.20. The second-order valence-electron chi connectivity index (χ2n) is 4.14. The van der Waals surface area contributed by atoms with Gasteiger partial charge in [0, 0.05) is 12.7 Å². The molecule has 0 bridgehead atoms. The van der Waals surface area contributed by atoms with Crippen molar-refractivity contribution in [2.24, 2.45) is 5.92 Å². The van der Waals surface area contributed by atoms with Crippen LogP contribution in [-0.4, -0.2) is 19.7 Å². The fraction of sp³-hybridized carbons (Fsp3) is 0.364. The summed E-state index contributed by atoms with van der Waals surface area (Å²) in [6.07, 6.45) is 3.42. The average Bonchev–Trinajstić information content (AvgIpc) is 2.66. The van der Waals surface area contributed by atoms with Gasteiger partial charge in [-0.15, -0.1) is 10.2 Å². The lowest BCUT2D eigenvalue weighted by Crippen LogP contribution is -2.06. The minimum absolute atomic E-state index is 0.527. The number of anilines is 1. The van der Waals surface area contributed by atoms with E-state index in [4.69, 9.17) is 5.73 Å². The summed E-state index contributed by atoms with van der Waals surface area (Å²) < 4.78 is 1.98. The lowest BCUT2D eigenvalue weighted by atomic mass is 10.2. The van der Waals surface area contributed by atoms with Crippen molar-refractivity contribution < 1.29 is 0 Å². The van der Waals surface area contributed by atoms with Crippen LogP contribution in [0.5, 0.6) is 0 Å². The van der Waals surface area contributed by atoms with Crippen LogP contribution in [0.3, 0.4) is 0 Å². The van der Waals surface area contributed by atoms with Gasteiger partial charge >= 0.3 is 0 Å². The molecule has 0 spiro atoms. The summed E-state index contributed by atoms with van der Waals surface area (Å²) in [5.74, 6) is 1.26. The molecule has 2 N–H and O–H groups in total. The van der Waals surface area contributed by atoms with Gasteiger partial charge < -0.3 is 10.3 Å². The van der Waals surface area contributed by atoms with Gasteiger partial charge in [0.15, 0.2) is 5.82 Å². The lowest BCUT2D eigenvalue weighted by molar-refractivity contribution is 0.525. The van der Waals surface area contributed by atoms with E-state index in [0.29, 0.717) is 17.3 Å². The first kappa shape index (κ1) is 10.6. The highest BCUT2D eigenvalue weighted by atomic mass is 15.3. The maximum Gasteiger partial charge on any atom is 0.184 e. The second kappa shape index (κ2) is 4.30. The molecule has 0 aliphatic carbocycles. The molecule has 0 radical (unpaired) electrons. The average molecular weight is 217 g/mol. The number of nitrogens with zero attached hydrogens (tertiary/aromatic N) is 4. The molecule has 0 amide bonds. The lowest BCUT2D eigenvalue weighted by Gasteiger charge is -2.09. The van der Waals surface area contributed by atoms with Gasteiger partial charge in [-0.2, -0.15) is 0 Å². The summed E-state index contributed by atoms with van der Waals surface area (Å²) in [4.78, 5) is 4.24. The summed E-state index contributed by atoms with van der Waals surface area (Å²) in [5.41, 5.74) is 7.19. The molecular weight excluding hydrogens is 202 g/mol. The Morgan fingerprint density at radius 2 is 2.25 bits per heavy atom. The molecule has 16 heavy (non-hydrogen) atoms. The fourth-order valence-corrected chi connectivity index (χ4v) is 1.57. The van der Waals surface area contributed by atoms with Gasteiger partial charge in [0.05, 0.1) is 5.69 Å². The van der Waals surface area contributed by atoms with Crippen LogP contribution < -0.4 is 5.73 Å². The SMILES string of the molecule is CC(C)Cn1cnnc1-c1ncccc1N. The zero-order valence-corrected chi connectivity index (χ0v) is 9.46. The molecule has 5 heteroatoms. The molecule has 84 valence electrons. The first-order valence-corrected chi connectivity index (χ1v) is 5.27. The highest BCUT2D eigenvalue weighted by molar-refractivity contribution is 5.66. The molecule has 2 heterocycles. The molecule has 5 nitrogen and oxygen atoms in total. The second-order valence-corrected chi connectivity index (χ2v) is 4.14. The van der Waals surface area contributed by atoms with E-state index < -0.39 is 0 Å². The van der Waals surface area contributed by atoms with E-state index in [1.807, 2.05) is 16.7 Å². The largest absolute Gasteiger partial charge is 0.397 e. The number of hydrogen-bond acceptors (Lipinski definition) is 4. The molecule has 0 unspecified atom stereocenters. The van der Waals surface area contributed by atoms with E-state index in [1.54, 1.807) is 12.5 Å². The van der Waals surface area contributed by atoms with Gasteiger partial charge in [-0.25, -0.2) is 0 Å². The van der Waals surface area contributed by atoms with E-state index >= 15 is 0 Å². The normalized spacial score (nSPS) is 10.9. The van der Waals surface area contributed by atoms with Crippen LogP contribution in [0.25, 0.3) is 11.5 Å². The number of rotatable bonds is 3. The summed E-state index contributed by atoms with van der Waals surface area (Å²) in [6.45, 7) is 5.15. The Balaban J connectivity index is 2.41. The van der Waals surface area contributed by atoms with Gasteiger partial charge in [-0.05, 0) is 18.1 Å². The minimum atomic E-state index is 0.527. The van der Waals surface area contributed by atoms with Crippen LogP contribution in [0.2, 0.25) is 0 Å². The molecule has 0 saturated carbocycles. The summed E-state index contributed by atoms with van der Waals surface area (Å²) in [6, 6.07) is 3.62. The molecule has 0 saturated heterocycles. The Hall–Kier alpha value is -1.91. The molecule has 2 aromatic rings. The Bertz CT molecular complexity index is 475. The number of aromatic nitrogens is 4. The van der Waals surface area contributed by atoms with Gasteiger partial charge in [0.25, 0.3) is 0 Å². The predicted octanol–water partition coefficient (Wildman–Crippen LogP) is 1.58. The Morgan fingerprint density at radius 3 is 2.94 bits per heavy atom. The van der Waals surface area contributed by atoms with Crippen LogP contribution in [-0.2, 0) is 6.54 Å². The number of nitrogens with two attached hydrogens (primary N) is 1. The standard InChI is InChI=1S/C11H15N5/c1-8(2)6-16-7-14-15-11(16)10-9(12)4-3-5-13-10/h3-5,7-8H,6,12H2,1-2H3. The number of pyridine rings is 1. The van der Waals surface area contributed by atoms with Crippen LogP contribution >= 0.6 is 0 Å². The van der Waals surface area contributed by atoms with E-state index in [2.05, 4.69) is 29.0 Å². The summed E-state index contributed by atoms with van der Waals surface area (Å²) >= 11 is 0. The smallest absolute Gasteiger partial charge is 0.184 e. The van der Waals surface area contributed by atoms with Crippen LogP contribution in [0.15, 0.2) is 24.7 Å². The maximum atomic E-state index is 5.87. The van der Waals surface area contributed by atoms with E-state index in [0.717, 1.165) is 12.4 Å². The zero-order valence-electron chi connectivity index (χ0n) is 9.46. The number of hydrogen-bond donors (Lipinski definition) is 1. The van der Waals surface area contributed by atoms with E-state index in [1.165, 1.54) is 0 Å². The molecule has 0 fully saturated rings. The van der Waals surface area contributed by atoms with Gasteiger partial charge in [-0.1, -0.05) is 13.8 Å². The van der Waals surface area contributed by atoms with E-state index in [9.17, 15) is 0 Å². The van der Waals surface area contributed by atoms with E-state index in [-0.39, 0.29) is 0 Å². The Kier molecular flexibility index (Phi) is 2.85. The molecule has 0 aliphatic heterocycles. The summed E-state index contributed by atoms with van der Waals surface area (Å²) in [5, 5.41) is 7.98. The van der Waals surface area contributed by atoms with Crippen LogP contribution in [0.1, 0.15) is 13.8 Å². The third-order valence-corrected chi connectivity index (χ3v) is 2.23. The van der Waals surface area contributed by atoms with Crippen molar-refractivity contribution in [3.8, 4) is 11.5 Å². The summed E-state index contributed by atoms with van der Waals surface area (Å²) in [7, 11) is 0. The monoisotopic (exact) mass is 217 g/mol. The van der Waals surface area contributed by atoms with Crippen molar-refractivity contribution in [3.05, 3.63) is 24.7 Å². The van der Waals surface area contributed by atoms with Crippen molar-refractivity contribution in [2.75, 3.05) is 5.73 Å². The Morgan fingerprint density at radius 1 is 1.44 bits per heavy atom. The molecular formula is C11H15N5. The van der Waals surface area contributed by atoms with Gasteiger partial charge in [-0.3, -0.25) is 4.98 Å². The zero-order chi connectivity index (χ0) is 11.5. The quantitative estimate of drug-likeness (QED) is 0.847. The Labute approximate surface area is 94.3 Å². The van der Waals surface area contributed by atoms with Crippen molar-refractivity contribution in [1.29, 1.82) is 0 Å². The van der Waals surface area contributed by atoms with Crippen LogP contribution in [0, 0.1) is 5.92 Å². The van der Waals surface area contributed by atoms with Crippen LogP contribution in [0.4, 0.5) is 5.69 Å². The van der Waals surface area contributed by atoms with Gasteiger partial charge in [0.2, 0.25) is 0 Å². The first-order chi connectivity index (χ1) is 7.68. The number of nitrogen functional groups attached to an aromatic ring is 1. The maximum absolute atomic E-state index is 5.87. The minimum Gasteiger partial charge on any atom is -0.397 e.